The fraction of sp³-hybridized carbons (Fsp3) is 0.250. The number of nitrogens with two attached hydrogens (primary N) is 1. The molecule has 0 aliphatic carbocycles. The molecule has 3 aromatic rings. The molecule has 6 nitrogen and oxygen atoms in total. The number of benzene rings is 2. The average Bonchev–Trinajstić information content (AvgIpc) is 2.67. The van der Waals surface area contributed by atoms with E-state index < -0.39 is 0 Å². The lowest BCUT2D eigenvalue weighted by Crippen LogP contribution is -2.32. The molecule has 2 aromatic carbocycles. The highest BCUT2D eigenvalue weighted by Crippen LogP contribution is 2.28. The van der Waals surface area contributed by atoms with Gasteiger partial charge in [0.05, 0.1) is 6.54 Å². The van der Waals surface area contributed by atoms with E-state index in [-0.39, 0.29) is 12.0 Å². The third-order valence-electron chi connectivity index (χ3n) is 4.29. The van der Waals surface area contributed by atoms with Gasteiger partial charge in [-0.25, -0.2) is 5.84 Å². The molecule has 134 valence electrons. The summed E-state index contributed by atoms with van der Waals surface area (Å²) >= 11 is 0. The predicted molar refractivity (Wildman–Crippen MR) is 102 cm³/mol. The molecule has 0 amide bonds. The average molecular weight is 349 g/mol. The van der Waals surface area contributed by atoms with Crippen molar-refractivity contribution in [1.29, 1.82) is 0 Å². The molecule has 0 radical (unpaired) electrons. The first-order chi connectivity index (χ1) is 12.6. The Morgan fingerprint density at radius 2 is 1.54 bits per heavy atom. The normalized spacial score (nSPS) is 10.7. The van der Waals surface area contributed by atoms with Crippen molar-refractivity contribution >= 4 is 5.95 Å². The van der Waals surface area contributed by atoms with Gasteiger partial charge in [-0.2, -0.15) is 15.0 Å². The molecule has 0 unspecified atom stereocenters. The van der Waals surface area contributed by atoms with E-state index >= 15 is 0 Å². The van der Waals surface area contributed by atoms with Crippen LogP contribution in [0.4, 0.5) is 5.95 Å². The zero-order valence-corrected chi connectivity index (χ0v) is 15.1. The lowest BCUT2D eigenvalue weighted by atomic mass is 9.97. The van der Waals surface area contributed by atoms with E-state index in [1.54, 1.807) is 0 Å². The third-order valence-corrected chi connectivity index (χ3v) is 4.29. The van der Waals surface area contributed by atoms with Crippen molar-refractivity contribution in [3.8, 4) is 17.4 Å². The number of hydrazine groups is 1. The highest BCUT2D eigenvalue weighted by molar-refractivity contribution is 5.66. The molecule has 3 N–H and O–H groups in total. The first-order valence-electron chi connectivity index (χ1n) is 8.74. The maximum atomic E-state index is 10.1. The van der Waals surface area contributed by atoms with E-state index in [9.17, 15) is 5.11 Å². The van der Waals surface area contributed by atoms with E-state index in [1.807, 2.05) is 36.4 Å². The highest BCUT2D eigenvalue weighted by Gasteiger charge is 2.16. The number of aromatic hydroxyl groups is 1. The summed E-state index contributed by atoms with van der Waals surface area (Å²) in [6.07, 6.45) is 1.70. The van der Waals surface area contributed by atoms with Crippen molar-refractivity contribution in [1.82, 2.24) is 15.0 Å². The van der Waals surface area contributed by atoms with Crippen LogP contribution in [0.25, 0.3) is 11.4 Å². The number of aryl methyl sites for hydroxylation is 2. The molecule has 0 atom stereocenters. The van der Waals surface area contributed by atoms with Gasteiger partial charge >= 0.3 is 6.01 Å². The predicted octanol–water partition coefficient (Wildman–Crippen LogP) is 3.25. The zero-order chi connectivity index (χ0) is 18.5. The number of hydrogen-bond acceptors (Lipinski definition) is 6. The van der Waals surface area contributed by atoms with E-state index in [2.05, 4.69) is 40.9 Å². The van der Waals surface area contributed by atoms with Crippen molar-refractivity contribution in [2.24, 2.45) is 5.84 Å². The van der Waals surface area contributed by atoms with Gasteiger partial charge in [-0.15, -0.1) is 0 Å². The fourth-order valence-electron chi connectivity index (χ4n) is 2.97. The second-order valence-electron chi connectivity index (χ2n) is 6.03. The standard InChI is InChI=1S/C20H23N5O/c1-3-15-11-8-12-16(4-2)17(15)18-22-19(24-20(26)23-18)25(21)13-14-9-6-5-7-10-14/h5-12H,3-4,13,21H2,1-2H3,(H,22,23,24,26). The summed E-state index contributed by atoms with van der Waals surface area (Å²) in [5, 5.41) is 11.5. The Hall–Kier alpha value is -2.99. The van der Waals surface area contributed by atoms with Crippen molar-refractivity contribution in [2.75, 3.05) is 5.01 Å². The van der Waals surface area contributed by atoms with Crippen LogP contribution in [0.15, 0.2) is 48.5 Å². The minimum atomic E-state index is -0.332. The number of hydrogen-bond donors (Lipinski definition) is 2. The summed E-state index contributed by atoms with van der Waals surface area (Å²) in [7, 11) is 0. The van der Waals surface area contributed by atoms with Crippen LogP contribution in [-0.2, 0) is 19.4 Å². The molecule has 6 heteroatoms. The van der Waals surface area contributed by atoms with Crippen LogP contribution in [0, 0.1) is 0 Å². The zero-order valence-electron chi connectivity index (χ0n) is 15.1. The molecule has 0 fully saturated rings. The van der Waals surface area contributed by atoms with Crippen molar-refractivity contribution < 1.29 is 5.11 Å². The number of anilines is 1. The minimum Gasteiger partial charge on any atom is -0.479 e. The first kappa shape index (κ1) is 17.8. The van der Waals surface area contributed by atoms with Crippen LogP contribution in [0.5, 0.6) is 6.01 Å². The summed E-state index contributed by atoms with van der Waals surface area (Å²) < 4.78 is 0. The Balaban J connectivity index is 2.01. The summed E-state index contributed by atoms with van der Waals surface area (Å²) in [4.78, 5) is 12.7. The largest absolute Gasteiger partial charge is 0.479 e. The lowest BCUT2D eigenvalue weighted by Gasteiger charge is -2.18. The van der Waals surface area contributed by atoms with Crippen LogP contribution in [0.2, 0.25) is 0 Å². The maximum absolute atomic E-state index is 10.1. The molecule has 0 aliphatic heterocycles. The molecular formula is C20H23N5O. The molecule has 1 heterocycles. The smallest absolute Gasteiger partial charge is 0.319 e. The quantitative estimate of drug-likeness (QED) is 0.525. The molecular weight excluding hydrogens is 326 g/mol. The van der Waals surface area contributed by atoms with Crippen molar-refractivity contribution in [2.45, 2.75) is 33.2 Å². The molecule has 0 saturated carbocycles. The molecule has 26 heavy (non-hydrogen) atoms. The molecule has 3 rings (SSSR count). The first-order valence-corrected chi connectivity index (χ1v) is 8.74. The molecule has 0 saturated heterocycles. The van der Waals surface area contributed by atoms with Crippen LogP contribution >= 0.6 is 0 Å². The molecule has 0 spiro atoms. The van der Waals surface area contributed by atoms with Gasteiger partial charge in [0, 0.05) is 5.56 Å². The van der Waals surface area contributed by atoms with E-state index in [4.69, 9.17) is 5.84 Å². The summed E-state index contributed by atoms with van der Waals surface area (Å²) in [6, 6.07) is 15.6. The number of aromatic nitrogens is 3. The Labute approximate surface area is 153 Å². The summed E-state index contributed by atoms with van der Waals surface area (Å²) in [5.74, 6) is 6.84. The second kappa shape index (κ2) is 7.93. The minimum absolute atomic E-state index is 0.240. The van der Waals surface area contributed by atoms with Crippen molar-refractivity contribution in [3.05, 3.63) is 65.2 Å². The second-order valence-corrected chi connectivity index (χ2v) is 6.03. The highest BCUT2D eigenvalue weighted by atomic mass is 16.3. The number of nitrogens with zero attached hydrogens (tertiary/aromatic N) is 4. The van der Waals surface area contributed by atoms with Gasteiger partial charge in [-0.3, -0.25) is 5.01 Å². The van der Waals surface area contributed by atoms with E-state index in [0.717, 1.165) is 35.1 Å². The van der Waals surface area contributed by atoms with Gasteiger partial charge in [0.25, 0.3) is 0 Å². The SMILES string of the molecule is CCc1cccc(CC)c1-c1nc(O)nc(N(N)Cc2ccccc2)n1. The van der Waals surface area contributed by atoms with Crippen LogP contribution in [-0.4, -0.2) is 20.1 Å². The van der Waals surface area contributed by atoms with Crippen LogP contribution < -0.4 is 10.9 Å². The molecule has 0 bridgehead atoms. The van der Waals surface area contributed by atoms with Gasteiger partial charge < -0.3 is 5.11 Å². The van der Waals surface area contributed by atoms with Gasteiger partial charge in [0.15, 0.2) is 5.82 Å². The van der Waals surface area contributed by atoms with Gasteiger partial charge in [0.1, 0.15) is 0 Å². The van der Waals surface area contributed by atoms with Crippen molar-refractivity contribution in [3.63, 3.8) is 0 Å². The van der Waals surface area contributed by atoms with Crippen LogP contribution in [0.1, 0.15) is 30.5 Å². The van der Waals surface area contributed by atoms with Gasteiger partial charge in [-0.05, 0) is 29.5 Å². The Bertz CT molecular complexity index is 860. The topological polar surface area (TPSA) is 88.2 Å². The maximum Gasteiger partial charge on any atom is 0.319 e. The summed E-state index contributed by atoms with van der Waals surface area (Å²) in [5.41, 5.74) is 4.24. The fourth-order valence-corrected chi connectivity index (χ4v) is 2.97. The Kier molecular flexibility index (Phi) is 5.43. The number of rotatable bonds is 6. The Morgan fingerprint density at radius 1 is 0.885 bits per heavy atom. The van der Waals surface area contributed by atoms with E-state index in [0.29, 0.717) is 12.4 Å². The van der Waals surface area contributed by atoms with Gasteiger partial charge in [-0.1, -0.05) is 62.4 Å². The van der Waals surface area contributed by atoms with Crippen LogP contribution in [0.3, 0.4) is 0 Å². The van der Waals surface area contributed by atoms with Gasteiger partial charge in [0.2, 0.25) is 5.95 Å². The summed E-state index contributed by atoms with van der Waals surface area (Å²) in [6.45, 7) is 4.61. The lowest BCUT2D eigenvalue weighted by molar-refractivity contribution is 0.428. The molecule has 1 aromatic heterocycles. The van der Waals surface area contributed by atoms with E-state index in [1.165, 1.54) is 5.01 Å². The monoisotopic (exact) mass is 349 g/mol. The molecule has 0 aliphatic rings. The third kappa shape index (κ3) is 3.81. The Morgan fingerprint density at radius 3 is 2.15 bits per heavy atom.